The summed E-state index contributed by atoms with van der Waals surface area (Å²) < 4.78 is 4.71. The fourth-order valence-corrected chi connectivity index (χ4v) is 4.76. The zero-order valence-electron chi connectivity index (χ0n) is 18.2. The minimum Gasteiger partial charge on any atom is -0.469 e. The van der Waals surface area contributed by atoms with E-state index in [0.29, 0.717) is 30.7 Å². The second-order valence-corrected chi connectivity index (χ2v) is 8.58. The van der Waals surface area contributed by atoms with Gasteiger partial charge in [0.05, 0.1) is 12.5 Å². The number of ether oxygens (including phenoxy) is 1. The van der Waals surface area contributed by atoms with E-state index in [9.17, 15) is 14.4 Å². The Morgan fingerprint density at radius 2 is 1.71 bits per heavy atom. The Labute approximate surface area is 190 Å². The molecule has 2 fully saturated rings. The maximum absolute atomic E-state index is 12.7. The van der Waals surface area contributed by atoms with Gasteiger partial charge in [0.15, 0.2) is 0 Å². The quantitative estimate of drug-likeness (QED) is 0.551. The van der Waals surface area contributed by atoms with Gasteiger partial charge in [-0.05, 0) is 81.6 Å². The van der Waals surface area contributed by atoms with Gasteiger partial charge in [-0.25, -0.2) is 0 Å². The number of piperidine rings is 1. The number of rotatable bonds is 7. The third-order valence-corrected chi connectivity index (χ3v) is 6.79. The van der Waals surface area contributed by atoms with E-state index < -0.39 is 5.41 Å². The number of methoxy groups -OCH3 is 1. The van der Waals surface area contributed by atoms with E-state index in [1.165, 1.54) is 7.11 Å². The van der Waals surface area contributed by atoms with Crippen molar-refractivity contribution in [2.75, 3.05) is 20.2 Å². The van der Waals surface area contributed by atoms with Gasteiger partial charge < -0.3 is 21.1 Å². The molecule has 0 radical (unpaired) electrons. The molecule has 8 heteroatoms. The standard InChI is InChI=1S/C23H33N3O4.ClH/c1-30-20(27)11-4-16-2-9-19(10-3-16)26-21(28)17-5-7-18(8-6-17)23(22(24)29)12-14-25-15-13-23;/h5-8,16,19,25H,2-4,9-15H2,1H3,(H2,24,29)(H,26,28);1H/t16-,19-;. The number of primary amides is 1. The molecule has 2 aliphatic rings. The number of nitrogens with one attached hydrogen (secondary N) is 2. The molecule has 0 atom stereocenters. The highest BCUT2D eigenvalue weighted by Gasteiger charge is 2.39. The number of esters is 1. The van der Waals surface area contributed by atoms with E-state index in [-0.39, 0.29) is 36.2 Å². The average molecular weight is 452 g/mol. The predicted octanol–water partition coefficient (Wildman–Crippen LogP) is 2.46. The highest BCUT2D eigenvalue weighted by molar-refractivity contribution is 5.95. The first-order valence-corrected chi connectivity index (χ1v) is 10.9. The van der Waals surface area contributed by atoms with Crippen molar-refractivity contribution >= 4 is 30.2 Å². The van der Waals surface area contributed by atoms with Crippen molar-refractivity contribution in [3.05, 3.63) is 35.4 Å². The van der Waals surface area contributed by atoms with Crippen LogP contribution in [-0.4, -0.2) is 44.0 Å². The summed E-state index contributed by atoms with van der Waals surface area (Å²) in [5, 5.41) is 6.39. The summed E-state index contributed by atoms with van der Waals surface area (Å²) in [7, 11) is 1.42. The monoisotopic (exact) mass is 451 g/mol. The molecule has 0 bridgehead atoms. The SMILES string of the molecule is COC(=O)CC[C@H]1CC[C@H](NC(=O)c2ccc(C3(C(N)=O)CCNCC3)cc2)CC1.Cl. The van der Waals surface area contributed by atoms with Gasteiger partial charge in [0, 0.05) is 18.0 Å². The van der Waals surface area contributed by atoms with E-state index in [1.807, 2.05) is 12.1 Å². The molecule has 1 aliphatic heterocycles. The first-order valence-electron chi connectivity index (χ1n) is 10.9. The first kappa shape index (κ1) is 25.1. The summed E-state index contributed by atoms with van der Waals surface area (Å²) in [6.07, 6.45) is 6.53. The van der Waals surface area contributed by atoms with Gasteiger partial charge in [-0.15, -0.1) is 12.4 Å². The number of halogens is 1. The van der Waals surface area contributed by atoms with Crippen LogP contribution in [0.1, 0.15) is 67.3 Å². The maximum atomic E-state index is 12.7. The molecule has 0 aromatic heterocycles. The normalized spacial score (nSPS) is 22.6. The van der Waals surface area contributed by atoms with Crippen LogP contribution in [0.2, 0.25) is 0 Å². The van der Waals surface area contributed by atoms with Crippen LogP contribution in [-0.2, 0) is 19.7 Å². The molecule has 1 aromatic rings. The second kappa shape index (κ2) is 11.5. The Balaban J connectivity index is 0.00000341. The van der Waals surface area contributed by atoms with E-state index >= 15 is 0 Å². The molecule has 4 N–H and O–H groups in total. The first-order chi connectivity index (χ1) is 14.4. The lowest BCUT2D eigenvalue weighted by molar-refractivity contribution is -0.141. The van der Waals surface area contributed by atoms with E-state index in [4.69, 9.17) is 10.5 Å². The topological polar surface area (TPSA) is 111 Å². The van der Waals surface area contributed by atoms with E-state index in [0.717, 1.165) is 50.8 Å². The number of carbonyl (C=O) groups excluding carboxylic acids is 3. The summed E-state index contributed by atoms with van der Waals surface area (Å²) >= 11 is 0. The highest BCUT2D eigenvalue weighted by Crippen LogP contribution is 2.33. The smallest absolute Gasteiger partial charge is 0.305 e. The molecular formula is C23H34ClN3O4. The van der Waals surface area contributed by atoms with Crippen molar-refractivity contribution in [2.45, 2.75) is 62.8 Å². The van der Waals surface area contributed by atoms with Crippen LogP contribution in [0.3, 0.4) is 0 Å². The van der Waals surface area contributed by atoms with Crippen LogP contribution in [0.4, 0.5) is 0 Å². The molecule has 1 aromatic carbocycles. The van der Waals surface area contributed by atoms with Crippen LogP contribution >= 0.6 is 12.4 Å². The van der Waals surface area contributed by atoms with Crippen molar-refractivity contribution in [1.29, 1.82) is 0 Å². The third kappa shape index (κ3) is 6.20. The molecule has 172 valence electrons. The minimum atomic E-state index is -0.650. The molecule has 7 nitrogen and oxygen atoms in total. The summed E-state index contributed by atoms with van der Waals surface area (Å²) in [6, 6.07) is 7.48. The minimum absolute atomic E-state index is 0. The molecule has 0 unspecified atom stereocenters. The maximum Gasteiger partial charge on any atom is 0.305 e. The number of hydrogen-bond acceptors (Lipinski definition) is 5. The lowest BCUT2D eigenvalue weighted by atomic mass is 9.72. The van der Waals surface area contributed by atoms with Gasteiger partial charge >= 0.3 is 5.97 Å². The predicted molar refractivity (Wildman–Crippen MR) is 121 cm³/mol. The van der Waals surface area contributed by atoms with Crippen LogP contribution in [0.15, 0.2) is 24.3 Å². The molecule has 31 heavy (non-hydrogen) atoms. The highest BCUT2D eigenvalue weighted by atomic mass is 35.5. The number of nitrogens with two attached hydrogens (primary N) is 1. The van der Waals surface area contributed by atoms with Crippen molar-refractivity contribution in [3.8, 4) is 0 Å². The number of carbonyl (C=O) groups is 3. The third-order valence-electron chi connectivity index (χ3n) is 6.79. The lowest BCUT2D eigenvalue weighted by Crippen LogP contribution is -2.48. The number of benzene rings is 1. The van der Waals surface area contributed by atoms with Gasteiger partial charge in [-0.3, -0.25) is 14.4 Å². The van der Waals surface area contributed by atoms with Crippen LogP contribution in [0.25, 0.3) is 0 Å². The summed E-state index contributed by atoms with van der Waals surface area (Å²) in [5.74, 6) is -0.0221. The molecule has 1 heterocycles. The molecule has 3 rings (SSSR count). The Kier molecular flexibility index (Phi) is 9.32. The van der Waals surface area contributed by atoms with E-state index in [2.05, 4.69) is 10.6 Å². The zero-order valence-corrected chi connectivity index (χ0v) is 19.0. The lowest BCUT2D eigenvalue weighted by Gasteiger charge is -2.35. The van der Waals surface area contributed by atoms with Gasteiger partial charge in [-0.1, -0.05) is 12.1 Å². The fraction of sp³-hybridized carbons (Fsp3) is 0.609. The molecule has 2 amide bonds. The average Bonchev–Trinajstić information content (AvgIpc) is 2.78. The number of amides is 2. The van der Waals surface area contributed by atoms with Gasteiger partial charge in [-0.2, -0.15) is 0 Å². The molecule has 0 spiro atoms. The Morgan fingerprint density at radius 1 is 1.10 bits per heavy atom. The van der Waals surface area contributed by atoms with Gasteiger partial charge in [0.1, 0.15) is 0 Å². The Morgan fingerprint density at radius 3 is 2.26 bits per heavy atom. The molecule has 1 aliphatic carbocycles. The molecular weight excluding hydrogens is 418 g/mol. The van der Waals surface area contributed by atoms with Gasteiger partial charge in [0.25, 0.3) is 5.91 Å². The number of hydrogen-bond donors (Lipinski definition) is 3. The summed E-state index contributed by atoms with van der Waals surface area (Å²) in [5.41, 5.74) is 6.58. The van der Waals surface area contributed by atoms with Gasteiger partial charge in [0.2, 0.25) is 5.91 Å². The largest absolute Gasteiger partial charge is 0.469 e. The van der Waals surface area contributed by atoms with Crippen molar-refractivity contribution in [3.63, 3.8) is 0 Å². The van der Waals surface area contributed by atoms with Crippen LogP contribution < -0.4 is 16.4 Å². The van der Waals surface area contributed by atoms with Crippen molar-refractivity contribution in [1.82, 2.24) is 10.6 Å². The zero-order chi connectivity index (χ0) is 21.6. The molecule has 1 saturated carbocycles. The van der Waals surface area contributed by atoms with Crippen LogP contribution in [0.5, 0.6) is 0 Å². The van der Waals surface area contributed by atoms with E-state index in [1.54, 1.807) is 12.1 Å². The Bertz CT molecular complexity index is 755. The summed E-state index contributed by atoms with van der Waals surface area (Å²) in [6.45, 7) is 1.51. The van der Waals surface area contributed by atoms with Crippen molar-refractivity contribution in [2.24, 2.45) is 11.7 Å². The Hall–Kier alpha value is -2.12. The second-order valence-electron chi connectivity index (χ2n) is 8.58. The summed E-state index contributed by atoms with van der Waals surface area (Å²) in [4.78, 5) is 36.1. The van der Waals surface area contributed by atoms with Crippen LogP contribution in [0, 0.1) is 5.92 Å². The fourth-order valence-electron chi connectivity index (χ4n) is 4.76. The molecule has 1 saturated heterocycles. The van der Waals surface area contributed by atoms with Crippen molar-refractivity contribution < 1.29 is 19.1 Å².